The first kappa shape index (κ1) is 13.5. The fourth-order valence-electron chi connectivity index (χ4n) is 1.29. The molecule has 0 atom stereocenters. The first-order chi connectivity index (χ1) is 8.04. The van der Waals surface area contributed by atoms with Crippen LogP contribution in [0, 0.1) is 24.0 Å². The summed E-state index contributed by atoms with van der Waals surface area (Å²) in [7, 11) is 0. The molecular formula is C13H15F2NO. The van der Waals surface area contributed by atoms with Gasteiger partial charge in [0, 0.05) is 12.6 Å². The van der Waals surface area contributed by atoms with Crippen molar-refractivity contribution in [3.63, 3.8) is 0 Å². The van der Waals surface area contributed by atoms with E-state index in [0.717, 1.165) is 0 Å². The van der Waals surface area contributed by atoms with E-state index in [1.165, 1.54) is 12.1 Å². The molecule has 92 valence electrons. The smallest absolute Gasteiger partial charge is 0.192 e. The van der Waals surface area contributed by atoms with Gasteiger partial charge in [-0.1, -0.05) is 19.8 Å². The summed E-state index contributed by atoms with van der Waals surface area (Å²) in [5.41, 5.74) is 0.529. The van der Waals surface area contributed by atoms with Gasteiger partial charge in [-0.15, -0.1) is 6.42 Å². The third kappa shape index (κ3) is 4.04. The highest BCUT2D eigenvalue weighted by Gasteiger charge is 2.12. The van der Waals surface area contributed by atoms with Crippen LogP contribution in [-0.2, 0) is 6.54 Å². The van der Waals surface area contributed by atoms with E-state index in [1.807, 2.05) is 13.8 Å². The molecule has 0 aliphatic carbocycles. The van der Waals surface area contributed by atoms with Crippen molar-refractivity contribution in [2.45, 2.75) is 26.4 Å². The molecule has 1 aromatic carbocycles. The van der Waals surface area contributed by atoms with Gasteiger partial charge in [0.05, 0.1) is 0 Å². The molecule has 4 heteroatoms. The average Bonchev–Trinajstić information content (AvgIpc) is 2.25. The number of terminal acetylenes is 1. The Kier molecular flexibility index (Phi) is 4.92. The molecule has 0 aliphatic rings. The van der Waals surface area contributed by atoms with Crippen LogP contribution in [0.1, 0.15) is 19.4 Å². The average molecular weight is 239 g/mol. The predicted octanol–water partition coefficient (Wildman–Crippen LogP) is 2.47. The second-order valence-corrected chi connectivity index (χ2v) is 3.92. The molecule has 0 amide bonds. The fraction of sp³-hybridized carbons (Fsp3) is 0.385. The standard InChI is InChI=1S/C13H15F2NO/c1-4-5-17-13-11(14)6-10(7-12(13)15)8-16-9(2)3/h1,6-7,9,16H,5,8H2,2-3H3. The van der Waals surface area contributed by atoms with E-state index >= 15 is 0 Å². The maximum Gasteiger partial charge on any atom is 0.192 e. The van der Waals surface area contributed by atoms with Crippen LogP contribution in [-0.4, -0.2) is 12.6 Å². The molecule has 0 heterocycles. The Morgan fingerprint density at radius 2 is 1.94 bits per heavy atom. The molecule has 1 rings (SSSR count). The van der Waals surface area contributed by atoms with Crippen LogP contribution < -0.4 is 10.1 Å². The van der Waals surface area contributed by atoms with Crippen molar-refractivity contribution in [2.24, 2.45) is 0 Å². The van der Waals surface area contributed by atoms with Gasteiger partial charge < -0.3 is 10.1 Å². The third-order valence-electron chi connectivity index (χ3n) is 2.07. The lowest BCUT2D eigenvalue weighted by Crippen LogP contribution is -2.22. The maximum absolute atomic E-state index is 13.5. The Balaban J connectivity index is 2.82. The van der Waals surface area contributed by atoms with Crippen molar-refractivity contribution >= 4 is 0 Å². The zero-order valence-electron chi connectivity index (χ0n) is 9.89. The summed E-state index contributed by atoms with van der Waals surface area (Å²) < 4.78 is 31.8. The monoisotopic (exact) mass is 239 g/mol. The third-order valence-corrected chi connectivity index (χ3v) is 2.07. The molecular weight excluding hydrogens is 224 g/mol. The van der Waals surface area contributed by atoms with E-state index in [9.17, 15) is 8.78 Å². The van der Waals surface area contributed by atoms with Crippen LogP contribution in [0.3, 0.4) is 0 Å². The second-order valence-electron chi connectivity index (χ2n) is 3.92. The largest absolute Gasteiger partial charge is 0.475 e. The lowest BCUT2D eigenvalue weighted by atomic mass is 10.2. The normalized spacial score (nSPS) is 10.4. The highest BCUT2D eigenvalue weighted by molar-refractivity contribution is 5.31. The number of rotatable bonds is 5. The zero-order valence-corrected chi connectivity index (χ0v) is 9.89. The van der Waals surface area contributed by atoms with Gasteiger partial charge in [-0.05, 0) is 17.7 Å². The molecule has 0 bridgehead atoms. The number of halogens is 2. The van der Waals surface area contributed by atoms with Crippen molar-refractivity contribution in [3.05, 3.63) is 29.3 Å². The zero-order chi connectivity index (χ0) is 12.8. The van der Waals surface area contributed by atoms with Gasteiger partial charge in [0.1, 0.15) is 6.61 Å². The van der Waals surface area contributed by atoms with Gasteiger partial charge in [0.15, 0.2) is 17.4 Å². The summed E-state index contributed by atoms with van der Waals surface area (Å²) in [6.45, 7) is 4.16. The Hall–Kier alpha value is -1.60. The predicted molar refractivity (Wildman–Crippen MR) is 62.7 cm³/mol. The summed E-state index contributed by atoms with van der Waals surface area (Å²) in [4.78, 5) is 0. The Bertz CT molecular complexity index is 401. The van der Waals surface area contributed by atoms with Crippen molar-refractivity contribution in [1.82, 2.24) is 5.32 Å². The topological polar surface area (TPSA) is 21.3 Å². The van der Waals surface area contributed by atoms with E-state index in [-0.39, 0.29) is 12.6 Å². The molecule has 0 aliphatic heterocycles. The quantitative estimate of drug-likeness (QED) is 0.797. The van der Waals surface area contributed by atoms with Gasteiger partial charge in [0.25, 0.3) is 0 Å². The molecule has 17 heavy (non-hydrogen) atoms. The second kappa shape index (κ2) is 6.21. The highest BCUT2D eigenvalue weighted by Crippen LogP contribution is 2.23. The van der Waals surface area contributed by atoms with Gasteiger partial charge in [-0.3, -0.25) is 0 Å². The van der Waals surface area contributed by atoms with Crippen LogP contribution in [0.15, 0.2) is 12.1 Å². The molecule has 0 saturated carbocycles. The molecule has 2 nitrogen and oxygen atoms in total. The molecule has 1 aromatic rings. The molecule has 0 aromatic heterocycles. The van der Waals surface area contributed by atoms with Gasteiger partial charge >= 0.3 is 0 Å². The summed E-state index contributed by atoms with van der Waals surface area (Å²) in [6.07, 6.45) is 4.96. The fourth-order valence-corrected chi connectivity index (χ4v) is 1.29. The van der Waals surface area contributed by atoms with E-state index in [1.54, 1.807) is 0 Å². The van der Waals surface area contributed by atoms with E-state index < -0.39 is 17.4 Å². The number of benzene rings is 1. The minimum atomic E-state index is -0.735. The highest BCUT2D eigenvalue weighted by atomic mass is 19.1. The van der Waals surface area contributed by atoms with Crippen LogP contribution >= 0.6 is 0 Å². The van der Waals surface area contributed by atoms with Crippen LogP contribution in [0.5, 0.6) is 5.75 Å². The Morgan fingerprint density at radius 1 is 1.35 bits per heavy atom. The van der Waals surface area contributed by atoms with E-state index in [4.69, 9.17) is 11.2 Å². The minimum absolute atomic E-state index is 0.155. The van der Waals surface area contributed by atoms with Gasteiger partial charge in [-0.25, -0.2) is 8.78 Å². The Labute approximate surface area is 100.0 Å². The first-order valence-electron chi connectivity index (χ1n) is 5.32. The number of hydrogen-bond donors (Lipinski definition) is 1. The summed E-state index contributed by atoms with van der Waals surface area (Å²) in [6, 6.07) is 2.73. The maximum atomic E-state index is 13.5. The summed E-state index contributed by atoms with van der Waals surface area (Å²) >= 11 is 0. The number of hydrogen-bond acceptors (Lipinski definition) is 2. The van der Waals surface area contributed by atoms with E-state index in [0.29, 0.717) is 12.1 Å². The molecule has 0 spiro atoms. The molecule has 1 N–H and O–H groups in total. The van der Waals surface area contributed by atoms with Crippen LogP contribution in [0.2, 0.25) is 0 Å². The van der Waals surface area contributed by atoms with Gasteiger partial charge in [0.2, 0.25) is 0 Å². The van der Waals surface area contributed by atoms with Crippen LogP contribution in [0.4, 0.5) is 8.78 Å². The number of nitrogens with one attached hydrogen (secondary N) is 1. The SMILES string of the molecule is C#CCOc1c(F)cc(CNC(C)C)cc1F. The van der Waals surface area contributed by atoms with Crippen molar-refractivity contribution in [2.75, 3.05) is 6.61 Å². The van der Waals surface area contributed by atoms with Crippen LogP contribution in [0.25, 0.3) is 0 Å². The van der Waals surface area contributed by atoms with Crippen molar-refractivity contribution < 1.29 is 13.5 Å². The first-order valence-corrected chi connectivity index (χ1v) is 5.32. The lowest BCUT2D eigenvalue weighted by molar-refractivity contribution is 0.325. The molecule has 0 fully saturated rings. The Morgan fingerprint density at radius 3 is 2.41 bits per heavy atom. The lowest BCUT2D eigenvalue weighted by Gasteiger charge is -2.10. The van der Waals surface area contributed by atoms with Crippen molar-refractivity contribution in [3.8, 4) is 18.1 Å². The van der Waals surface area contributed by atoms with Gasteiger partial charge in [-0.2, -0.15) is 0 Å². The number of ether oxygens (including phenoxy) is 1. The van der Waals surface area contributed by atoms with Crippen molar-refractivity contribution in [1.29, 1.82) is 0 Å². The summed E-state index contributed by atoms with van der Waals surface area (Å²) in [5, 5.41) is 3.07. The molecule has 0 unspecified atom stereocenters. The van der Waals surface area contributed by atoms with E-state index in [2.05, 4.69) is 11.2 Å². The summed E-state index contributed by atoms with van der Waals surface area (Å²) in [5.74, 6) is 0.267. The molecule has 0 radical (unpaired) electrons. The minimum Gasteiger partial charge on any atom is -0.475 e. The molecule has 0 saturated heterocycles.